The van der Waals surface area contributed by atoms with Gasteiger partial charge < -0.3 is 4.90 Å². The fourth-order valence-electron chi connectivity index (χ4n) is 1.74. The number of aromatic nitrogens is 2. The molecule has 0 unspecified atom stereocenters. The van der Waals surface area contributed by atoms with E-state index in [1.54, 1.807) is 0 Å². The second-order valence-corrected chi connectivity index (χ2v) is 4.24. The molecule has 0 aliphatic carbocycles. The molecule has 2 heterocycles. The van der Waals surface area contributed by atoms with Crippen molar-refractivity contribution in [1.29, 1.82) is 0 Å². The quantitative estimate of drug-likeness (QED) is 0.761. The average Bonchev–Trinajstić information content (AvgIpc) is 2.69. The Bertz CT molecular complexity index is 321. The van der Waals surface area contributed by atoms with Crippen LogP contribution in [0.3, 0.4) is 0 Å². The van der Waals surface area contributed by atoms with E-state index < -0.39 is 0 Å². The second kappa shape index (κ2) is 4.26. The molecule has 0 saturated carbocycles. The molecule has 1 fully saturated rings. The van der Waals surface area contributed by atoms with Gasteiger partial charge >= 0.3 is 0 Å². The molecule has 0 amide bonds. The standard InChI is InChI=1S/C10H14BrN3/c1-2-8-7-9(13-10(11)12-8)14-5-3-4-6-14/h7H,2-6H2,1H3. The zero-order valence-corrected chi connectivity index (χ0v) is 9.92. The first-order chi connectivity index (χ1) is 6.79. The molecule has 0 spiro atoms. The summed E-state index contributed by atoms with van der Waals surface area (Å²) in [5, 5.41) is 0. The van der Waals surface area contributed by atoms with Crippen LogP contribution >= 0.6 is 15.9 Å². The maximum Gasteiger partial charge on any atom is 0.198 e. The molecule has 1 aromatic heterocycles. The molecular weight excluding hydrogens is 242 g/mol. The van der Waals surface area contributed by atoms with Crippen molar-refractivity contribution in [3.05, 3.63) is 16.5 Å². The lowest BCUT2D eigenvalue weighted by Gasteiger charge is -2.16. The summed E-state index contributed by atoms with van der Waals surface area (Å²) in [6.07, 6.45) is 3.52. The monoisotopic (exact) mass is 255 g/mol. The number of aryl methyl sites for hydroxylation is 1. The maximum absolute atomic E-state index is 4.40. The molecule has 76 valence electrons. The van der Waals surface area contributed by atoms with E-state index in [-0.39, 0.29) is 0 Å². The Kier molecular flexibility index (Phi) is 3.01. The van der Waals surface area contributed by atoms with Gasteiger partial charge in [-0.1, -0.05) is 6.92 Å². The van der Waals surface area contributed by atoms with Gasteiger partial charge in [-0.2, -0.15) is 0 Å². The van der Waals surface area contributed by atoms with Crippen molar-refractivity contribution >= 4 is 21.7 Å². The third-order valence-electron chi connectivity index (χ3n) is 2.53. The van der Waals surface area contributed by atoms with Gasteiger partial charge in [0.2, 0.25) is 0 Å². The molecule has 2 rings (SSSR count). The number of rotatable bonds is 2. The predicted octanol–water partition coefficient (Wildman–Crippen LogP) is 2.40. The molecular formula is C10H14BrN3. The van der Waals surface area contributed by atoms with Crippen LogP contribution in [-0.2, 0) is 6.42 Å². The highest BCUT2D eigenvalue weighted by Gasteiger charge is 2.14. The molecule has 0 aromatic carbocycles. The van der Waals surface area contributed by atoms with E-state index in [9.17, 15) is 0 Å². The highest BCUT2D eigenvalue weighted by molar-refractivity contribution is 9.10. The number of anilines is 1. The number of hydrogen-bond acceptors (Lipinski definition) is 3. The van der Waals surface area contributed by atoms with Gasteiger partial charge in [-0.25, -0.2) is 9.97 Å². The van der Waals surface area contributed by atoms with Crippen LogP contribution in [0.1, 0.15) is 25.5 Å². The minimum Gasteiger partial charge on any atom is -0.356 e. The van der Waals surface area contributed by atoms with Crippen molar-refractivity contribution in [2.45, 2.75) is 26.2 Å². The predicted molar refractivity (Wildman–Crippen MR) is 60.6 cm³/mol. The molecule has 1 aliphatic heterocycles. The maximum atomic E-state index is 4.40. The summed E-state index contributed by atoms with van der Waals surface area (Å²) in [4.78, 5) is 11.0. The van der Waals surface area contributed by atoms with E-state index in [0.29, 0.717) is 4.73 Å². The molecule has 3 nitrogen and oxygen atoms in total. The van der Waals surface area contributed by atoms with Crippen molar-refractivity contribution in [3.8, 4) is 0 Å². The van der Waals surface area contributed by atoms with Crippen LogP contribution in [0.5, 0.6) is 0 Å². The molecule has 0 N–H and O–H groups in total. The van der Waals surface area contributed by atoms with Crippen LogP contribution in [-0.4, -0.2) is 23.1 Å². The van der Waals surface area contributed by atoms with Crippen LogP contribution < -0.4 is 4.90 Å². The SMILES string of the molecule is CCc1cc(N2CCCC2)nc(Br)n1. The van der Waals surface area contributed by atoms with Gasteiger partial charge in [-0.05, 0) is 35.2 Å². The summed E-state index contributed by atoms with van der Waals surface area (Å²) in [6.45, 7) is 4.38. The van der Waals surface area contributed by atoms with Crippen molar-refractivity contribution in [1.82, 2.24) is 9.97 Å². The van der Waals surface area contributed by atoms with E-state index in [0.717, 1.165) is 31.0 Å². The zero-order chi connectivity index (χ0) is 9.97. The zero-order valence-electron chi connectivity index (χ0n) is 8.33. The highest BCUT2D eigenvalue weighted by atomic mass is 79.9. The van der Waals surface area contributed by atoms with Gasteiger partial charge in [0.05, 0.1) is 0 Å². The van der Waals surface area contributed by atoms with Crippen molar-refractivity contribution in [3.63, 3.8) is 0 Å². The molecule has 1 saturated heterocycles. The largest absolute Gasteiger partial charge is 0.356 e. The summed E-state index contributed by atoms with van der Waals surface area (Å²) in [5.74, 6) is 1.07. The molecule has 0 atom stereocenters. The smallest absolute Gasteiger partial charge is 0.198 e. The lowest BCUT2D eigenvalue weighted by atomic mass is 10.3. The van der Waals surface area contributed by atoms with Gasteiger partial charge in [0.25, 0.3) is 0 Å². The van der Waals surface area contributed by atoms with Gasteiger partial charge in [0.1, 0.15) is 5.82 Å². The fourth-order valence-corrected chi connectivity index (χ4v) is 2.15. The Labute approximate surface area is 92.7 Å². The molecule has 1 aromatic rings. The Morgan fingerprint density at radius 2 is 2.07 bits per heavy atom. The number of halogens is 1. The molecule has 0 radical (unpaired) electrons. The van der Waals surface area contributed by atoms with E-state index in [4.69, 9.17) is 0 Å². The number of nitrogens with zero attached hydrogens (tertiary/aromatic N) is 3. The van der Waals surface area contributed by atoms with Crippen molar-refractivity contribution in [2.75, 3.05) is 18.0 Å². The summed E-state index contributed by atoms with van der Waals surface area (Å²) in [7, 11) is 0. The summed E-state index contributed by atoms with van der Waals surface area (Å²) >= 11 is 3.35. The highest BCUT2D eigenvalue weighted by Crippen LogP contribution is 2.20. The van der Waals surface area contributed by atoms with Gasteiger partial charge in [-0.3, -0.25) is 0 Å². The third-order valence-corrected chi connectivity index (χ3v) is 2.89. The lowest BCUT2D eigenvalue weighted by molar-refractivity contribution is 0.893. The van der Waals surface area contributed by atoms with Gasteiger partial charge in [0.15, 0.2) is 4.73 Å². The van der Waals surface area contributed by atoms with Crippen LogP contribution in [0, 0.1) is 0 Å². The fraction of sp³-hybridized carbons (Fsp3) is 0.600. The Balaban J connectivity index is 2.27. The Morgan fingerprint density at radius 1 is 1.36 bits per heavy atom. The summed E-state index contributed by atoms with van der Waals surface area (Å²) < 4.78 is 0.707. The van der Waals surface area contributed by atoms with Crippen LogP contribution in [0.15, 0.2) is 10.8 Å². The Hall–Kier alpha value is -0.640. The van der Waals surface area contributed by atoms with E-state index >= 15 is 0 Å². The second-order valence-electron chi connectivity index (χ2n) is 3.53. The minimum absolute atomic E-state index is 0.707. The number of hydrogen-bond donors (Lipinski definition) is 0. The average molecular weight is 256 g/mol. The van der Waals surface area contributed by atoms with Crippen LogP contribution in [0.25, 0.3) is 0 Å². The van der Waals surface area contributed by atoms with Gasteiger partial charge in [-0.15, -0.1) is 0 Å². The van der Waals surface area contributed by atoms with Gasteiger partial charge in [0, 0.05) is 24.8 Å². The Morgan fingerprint density at radius 3 is 2.71 bits per heavy atom. The normalized spacial score (nSPS) is 16.3. The van der Waals surface area contributed by atoms with E-state index in [2.05, 4.69) is 43.8 Å². The summed E-state index contributed by atoms with van der Waals surface area (Å²) in [6, 6.07) is 2.09. The van der Waals surface area contributed by atoms with Crippen LogP contribution in [0.4, 0.5) is 5.82 Å². The lowest BCUT2D eigenvalue weighted by Crippen LogP contribution is -2.19. The van der Waals surface area contributed by atoms with E-state index in [1.807, 2.05) is 0 Å². The van der Waals surface area contributed by atoms with E-state index in [1.165, 1.54) is 12.8 Å². The molecule has 0 bridgehead atoms. The first kappa shape index (κ1) is 9.90. The van der Waals surface area contributed by atoms with Crippen molar-refractivity contribution < 1.29 is 0 Å². The summed E-state index contributed by atoms with van der Waals surface area (Å²) in [5.41, 5.74) is 1.11. The molecule has 4 heteroatoms. The topological polar surface area (TPSA) is 29.0 Å². The molecule has 1 aliphatic rings. The minimum atomic E-state index is 0.707. The van der Waals surface area contributed by atoms with Crippen LogP contribution in [0.2, 0.25) is 0 Å². The first-order valence-corrected chi connectivity index (χ1v) is 5.87. The van der Waals surface area contributed by atoms with Crippen molar-refractivity contribution in [2.24, 2.45) is 0 Å². The first-order valence-electron chi connectivity index (χ1n) is 5.08. The molecule has 14 heavy (non-hydrogen) atoms. The third kappa shape index (κ3) is 2.05.